The first-order valence-corrected chi connectivity index (χ1v) is 18.1. The average Bonchev–Trinajstić information content (AvgIpc) is 3.18. The van der Waals surface area contributed by atoms with E-state index in [9.17, 15) is 28.8 Å². The lowest BCUT2D eigenvalue weighted by atomic mass is 9.97. The number of carbonyl (C=O) groups excluding carboxylic acids is 5. The van der Waals surface area contributed by atoms with E-state index in [-0.39, 0.29) is 35.2 Å². The number of ether oxygens (including phenoxy) is 6. The monoisotopic (exact) mass is 781 g/mol. The second-order valence-electron chi connectivity index (χ2n) is 13.5. The van der Waals surface area contributed by atoms with Gasteiger partial charge >= 0.3 is 29.8 Å². The van der Waals surface area contributed by atoms with Crippen LogP contribution < -0.4 is 5.32 Å². The van der Waals surface area contributed by atoms with Gasteiger partial charge in [-0.3, -0.25) is 9.59 Å². The Morgan fingerprint density at radius 2 is 0.947 bits per heavy atom. The molecule has 1 heterocycles. The molecule has 5 rings (SSSR count). The van der Waals surface area contributed by atoms with Crippen LogP contribution in [0.25, 0.3) is 0 Å². The molecule has 1 fully saturated rings. The zero-order chi connectivity index (χ0) is 41.1. The number of benzene rings is 4. The van der Waals surface area contributed by atoms with Crippen LogP contribution in [0.15, 0.2) is 97.1 Å². The van der Waals surface area contributed by atoms with Crippen LogP contribution in [0, 0.1) is 27.7 Å². The molecule has 4 aromatic rings. The zero-order valence-electron chi connectivity index (χ0n) is 31.8. The Labute approximate surface area is 329 Å². The highest BCUT2D eigenvalue weighted by Gasteiger charge is 2.54. The van der Waals surface area contributed by atoms with Crippen LogP contribution in [0.3, 0.4) is 0 Å². The lowest BCUT2D eigenvalue weighted by Crippen LogP contribution is -2.63. The molecule has 0 radical (unpaired) electrons. The molecule has 0 spiro atoms. The van der Waals surface area contributed by atoms with E-state index in [4.69, 9.17) is 33.5 Å². The van der Waals surface area contributed by atoms with Crippen molar-refractivity contribution in [3.63, 3.8) is 0 Å². The van der Waals surface area contributed by atoms with Crippen molar-refractivity contribution in [3.8, 4) is 0 Å². The maximum Gasteiger partial charge on any atom is 0.338 e. The van der Waals surface area contributed by atoms with E-state index in [1.54, 1.807) is 60.7 Å². The molecule has 1 aliphatic heterocycles. The summed E-state index contributed by atoms with van der Waals surface area (Å²) in [6.07, 6.45) is -8.46. The van der Waals surface area contributed by atoms with Crippen molar-refractivity contribution in [2.45, 2.75) is 64.8 Å². The molecular formula is C43H43NO13. The van der Waals surface area contributed by atoms with Gasteiger partial charge in [0.15, 0.2) is 24.6 Å². The third-order valence-corrected chi connectivity index (χ3v) is 8.89. The molecule has 1 saturated heterocycles. The van der Waals surface area contributed by atoms with Gasteiger partial charge in [-0.2, -0.15) is 0 Å². The lowest BCUT2D eigenvalue weighted by Gasteiger charge is -2.44. The number of esters is 4. The number of carbonyl (C=O) groups is 6. The van der Waals surface area contributed by atoms with E-state index < -0.39 is 79.7 Å². The summed E-state index contributed by atoms with van der Waals surface area (Å²) in [5.41, 5.74) is 4.05. The first kappa shape index (κ1) is 41.8. The van der Waals surface area contributed by atoms with Crippen molar-refractivity contribution in [1.82, 2.24) is 5.32 Å². The number of hydrogen-bond donors (Lipinski definition) is 2. The second-order valence-corrected chi connectivity index (χ2v) is 13.5. The fourth-order valence-electron chi connectivity index (χ4n) is 5.64. The van der Waals surface area contributed by atoms with Crippen molar-refractivity contribution in [2.24, 2.45) is 0 Å². The van der Waals surface area contributed by atoms with Gasteiger partial charge in [-0.05, 0) is 76.2 Å². The predicted molar refractivity (Wildman–Crippen MR) is 202 cm³/mol. The summed E-state index contributed by atoms with van der Waals surface area (Å²) in [7, 11) is 0. The number of carboxylic acid groups (broad SMARTS) is 1. The molecule has 0 unspecified atom stereocenters. The maximum atomic E-state index is 13.9. The Hall–Kier alpha value is -6.38. The summed E-state index contributed by atoms with van der Waals surface area (Å²) in [6.45, 7) is 5.82. The highest BCUT2D eigenvalue weighted by atomic mass is 16.7. The molecule has 4 aromatic carbocycles. The molecule has 0 saturated carbocycles. The van der Waals surface area contributed by atoms with Crippen molar-refractivity contribution in [2.75, 3.05) is 19.8 Å². The van der Waals surface area contributed by atoms with Gasteiger partial charge in [0, 0.05) is 6.54 Å². The predicted octanol–water partition coefficient (Wildman–Crippen LogP) is 5.09. The molecule has 1 amide bonds. The smallest absolute Gasteiger partial charge is 0.338 e. The average molecular weight is 782 g/mol. The second kappa shape index (κ2) is 19.5. The fourth-order valence-corrected chi connectivity index (χ4v) is 5.64. The topological polar surface area (TPSA) is 190 Å². The van der Waals surface area contributed by atoms with Gasteiger partial charge in [0.1, 0.15) is 19.3 Å². The normalized spacial score (nSPS) is 18.8. The standard InChI is InChI=1S/C43H43NO13/c1-25-5-13-29(14-6-25)39(48)52-23-33-36(55-40(49)30-15-7-26(2)8-16-30)37(56-41(50)31-17-9-27(3)10-18-31)38(57-42(51)32-19-11-28(4)12-20-32)43(54-33)53-24-34(45)44-22-21-35(46)47/h5-20,33,36-38,43H,21-24H2,1-4H3,(H,44,45)(H,46,47)/t33-,36-,37+,38-,43-/m1/s1. The van der Waals surface area contributed by atoms with Crippen molar-refractivity contribution in [3.05, 3.63) is 142 Å². The fraction of sp³-hybridized carbons (Fsp3) is 0.302. The first-order valence-electron chi connectivity index (χ1n) is 18.1. The molecule has 2 N–H and O–H groups in total. The van der Waals surface area contributed by atoms with E-state index in [0.717, 1.165) is 22.3 Å². The molecule has 0 aromatic heterocycles. The van der Waals surface area contributed by atoms with E-state index in [1.165, 1.54) is 36.4 Å². The van der Waals surface area contributed by atoms with Crippen molar-refractivity contribution in [1.29, 1.82) is 0 Å². The van der Waals surface area contributed by atoms with Crippen LogP contribution in [0.2, 0.25) is 0 Å². The third kappa shape index (κ3) is 11.8. The molecule has 14 nitrogen and oxygen atoms in total. The van der Waals surface area contributed by atoms with Gasteiger partial charge in [-0.25, -0.2) is 19.2 Å². The number of carboxylic acids is 1. The molecule has 0 bridgehead atoms. The molecule has 298 valence electrons. The van der Waals surface area contributed by atoms with Crippen LogP contribution >= 0.6 is 0 Å². The van der Waals surface area contributed by atoms with Gasteiger partial charge in [0.25, 0.3) is 0 Å². The lowest BCUT2D eigenvalue weighted by molar-refractivity contribution is -0.296. The molecule has 5 atom stereocenters. The number of rotatable bonds is 15. The number of aliphatic carboxylic acids is 1. The quantitative estimate of drug-likeness (QED) is 0.120. The minimum Gasteiger partial charge on any atom is -0.481 e. The van der Waals surface area contributed by atoms with Crippen LogP contribution in [-0.2, 0) is 38.0 Å². The van der Waals surface area contributed by atoms with E-state index in [2.05, 4.69) is 5.32 Å². The Balaban J connectivity index is 1.55. The highest BCUT2D eigenvalue weighted by molar-refractivity contribution is 5.92. The minimum absolute atomic E-state index is 0.108. The largest absolute Gasteiger partial charge is 0.481 e. The number of nitrogens with one attached hydrogen (secondary N) is 1. The van der Waals surface area contributed by atoms with Crippen molar-refractivity contribution >= 4 is 35.8 Å². The molecule has 0 aliphatic carbocycles. The Bertz CT molecular complexity index is 2040. The number of hydrogen-bond acceptors (Lipinski definition) is 12. The van der Waals surface area contributed by atoms with E-state index in [0.29, 0.717) is 0 Å². The summed E-state index contributed by atoms with van der Waals surface area (Å²) in [4.78, 5) is 78.3. The van der Waals surface area contributed by atoms with Gasteiger partial charge in [0.2, 0.25) is 5.91 Å². The SMILES string of the molecule is Cc1ccc(C(=O)OC[C@H]2O[C@@H](OCC(=O)NCCC(=O)O)[C@H](OC(=O)c3ccc(C)cc3)[C@@H](OC(=O)c3ccc(C)cc3)[C@@H]2OC(=O)c2ccc(C)cc2)cc1. The highest BCUT2D eigenvalue weighted by Crippen LogP contribution is 2.32. The molecule has 1 aliphatic rings. The van der Waals surface area contributed by atoms with E-state index >= 15 is 0 Å². The molecule has 57 heavy (non-hydrogen) atoms. The van der Waals surface area contributed by atoms with Crippen LogP contribution in [0.4, 0.5) is 0 Å². The number of aryl methyl sites for hydroxylation is 4. The van der Waals surface area contributed by atoms with Gasteiger partial charge in [-0.15, -0.1) is 0 Å². The van der Waals surface area contributed by atoms with Gasteiger partial charge in [0.05, 0.1) is 28.7 Å². The summed E-state index contributed by atoms with van der Waals surface area (Å²) in [6, 6.07) is 25.8. The summed E-state index contributed by atoms with van der Waals surface area (Å²) < 4.78 is 35.8. The third-order valence-electron chi connectivity index (χ3n) is 8.89. The first-order chi connectivity index (χ1) is 27.3. The maximum absolute atomic E-state index is 13.9. The van der Waals surface area contributed by atoms with Gasteiger partial charge in [-0.1, -0.05) is 70.8 Å². The van der Waals surface area contributed by atoms with Crippen LogP contribution in [0.1, 0.15) is 70.1 Å². The number of amides is 1. The Morgan fingerprint density at radius 1 is 0.561 bits per heavy atom. The van der Waals surface area contributed by atoms with Crippen LogP contribution in [-0.4, -0.2) is 91.3 Å². The Kier molecular flexibility index (Phi) is 14.3. The van der Waals surface area contributed by atoms with Gasteiger partial charge < -0.3 is 38.8 Å². The summed E-state index contributed by atoms with van der Waals surface area (Å²) in [5, 5.41) is 11.4. The Morgan fingerprint density at radius 3 is 1.37 bits per heavy atom. The summed E-state index contributed by atoms with van der Waals surface area (Å²) >= 11 is 0. The van der Waals surface area contributed by atoms with Crippen molar-refractivity contribution < 1.29 is 62.3 Å². The minimum atomic E-state index is -1.70. The zero-order valence-corrected chi connectivity index (χ0v) is 31.8. The van der Waals surface area contributed by atoms with Crippen LogP contribution in [0.5, 0.6) is 0 Å². The summed E-state index contributed by atoms with van der Waals surface area (Å²) in [5.74, 6) is -5.29. The molecular weight excluding hydrogens is 738 g/mol. The molecule has 14 heteroatoms. The van der Waals surface area contributed by atoms with E-state index in [1.807, 2.05) is 27.7 Å².